The first-order valence-electron chi connectivity index (χ1n) is 8.12. The monoisotopic (exact) mass is 350 g/mol. The molecule has 0 aliphatic heterocycles. The summed E-state index contributed by atoms with van der Waals surface area (Å²) in [5.74, 6) is 0.213. The van der Waals surface area contributed by atoms with Crippen molar-refractivity contribution in [2.45, 2.75) is 13.0 Å². The van der Waals surface area contributed by atoms with E-state index < -0.39 is 5.97 Å². The Bertz CT molecular complexity index is 1020. The Morgan fingerprint density at radius 1 is 1.15 bits per heavy atom. The van der Waals surface area contributed by atoms with Crippen LogP contribution < -0.4 is 10.3 Å². The lowest BCUT2D eigenvalue weighted by Crippen LogP contribution is -2.25. The molecule has 1 N–H and O–H groups in total. The number of benzene rings is 2. The lowest BCUT2D eigenvalue weighted by Gasteiger charge is -2.10. The van der Waals surface area contributed by atoms with Gasteiger partial charge >= 0.3 is 5.97 Å². The summed E-state index contributed by atoms with van der Waals surface area (Å²) in [7, 11) is 1.60. The molecule has 0 radical (unpaired) electrons. The average molecular weight is 350 g/mol. The van der Waals surface area contributed by atoms with Gasteiger partial charge in [-0.1, -0.05) is 30.3 Å². The molecule has 1 heterocycles. The minimum Gasteiger partial charge on any atom is -0.497 e. The second-order valence-electron chi connectivity index (χ2n) is 5.69. The topological polar surface area (TPSA) is 81.4 Å². The highest BCUT2D eigenvalue weighted by atomic mass is 16.5. The van der Waals surface area contributed by atoms with E-state index in [1.807, 2.05) is 36.4 Å². The van der Waals surface area contributed by atoms with Crippen LogP contribution in [0.4, 0.5) is 0 Å². The molecule has 3 aromatic rings. The molecule has 0 saturated carbocycles. The highest BCUT2D eigenvalue weighted by molar-refractivity contribution is 5.79. The molecule has 132 valence electrons. The van der Waals surface area contributed by atoms with Crippen LogP contribution in [0.25, 0.3) is 23.1 Å². The van der Waals surface area contributed by atoms with Crippen molar-refractivity contribution in [3.63, 3.8) is 0 Å². The number of carboxylic acids is 1. The number of hydrogen-bond donors (Lipinski definition) is 1. The molecule has 0 bridgehead atoms. The van der Waals surface area contributed by atoms with Gasteiger partial charge in [0.15, 0.2) is 0 Å². The van der Waals surface area contributed by atoms with E-state index >= 15 is 0 Å². The van der Waals surface area contributed by atoms with Crippen molar-refractivity contribution >= 4 is 29.0 Å². The molecule has 0 amide bonds. The normalized spacial score (nSPS) is 11.1. The van der Waals surface area contributed by atoms with Gasteiger partial charge in [0.2, 0.25) is 0 Å². The molecule has 1 aromatic heterocycles. The summed E-state index contributed by atoms with van der Waals surface area (Å²) in [4.78, 5) is 28.2. The van der Waals surface area contributed by atoms with Gasteiger partial charge in [0.25, 0.3) is 5.56 Å². The molecule has 6 nitrogen and oxygen atoms in total. The van der Waals surface area contributed by atoms with Crippen LogP contribution in [0.3, 0.4) is 0 Å². The quantitative estimate of drug-likeness (QED) is 0.739. The third kappa shape index (κ3) is 3.80. The molecule has 0 saturated heterocycles. The van der Waals surface area contributed by atoms with Gasteiger partial charge in [-0.3, -0.25) is 14.2 Å². The third-order valence-electron chi connectivity index (χ3n) is 3.98. The first-order valence-corrected chi connectivity index (χ1v) is 8.12. The van der Waals surface area contributed by atoms with Crippen molar-refractivity contribution in [1.82, 2.24) is 9.55 Å². The number of fused-ring (bicyclic) bond motifs is 1. The van der Waals surface area contributed by atoms with Crippen molar-refractivity contribution in [2.75, 3.05) is 7.11 Å². The zero-order chi connectivity index (χ0) is 18.5. The van der Waals surface area contributed by atoms with Crippen molar-refractivity contribution < 1.29 is 14.6 Å². The summed E-state index contributed by atoms with van der Waals surface area (Å²) in [5.41, 5.74) is 1.25. The molecular weight excluding hydrogens is 332 g/mol. The van der Waals surface area contributed by atoms with Crippen LogP contribution in [-0.2, 0) is 11.3 Å². The van der Waals surface area contributed by atoms with E-state index in [0.29, 0.717) is 16.7 Å². The fourth-order valence-corrected chi connectivity index (χ4v) is 2.62. The molecule has 0 fully saturated rings. The van der Waals surface area contributed by atoms with E-state index in [4.69, 9.17) is 9.84 Å². The van der Waals surface area contributed by atoms with Gasteiger partial charge in [0.1, 0.15) is 11.6 Å². The van der Waals surface area contributed by atoms with Crippen LogP contribution in [-0.4, -0.2) is 27.7 Å². The van der Waals surface area contributed by atoms with E-state index in [-0.39, 0.29) is 18.5 Å². The number of hydrogen-bond acceptors (Lipinski definition) is 4. The Hall–Kier alpha value is -3.41. The molecule has 0 spiro atoms. The molecule has 0 atom stereocenters. The van der Waals surface area contributed by atoms with Gasteiger partial charge in [-0.15, -0.1) is 0 Å². The van der Waals surface area contributed by atoms with E-state index in [2.05, 4.69) is 4.98 Å². The standard InChI is InChI=1S/C20H18N2O4/c1-26-15-9-6-14(7-10-15)8-11-18-21-17-5-3-2-4-16(17)20(25)22(18)13-12-19(23)24/h2-11H,12-13H2,1H3,(H,23,24)/b11-8+. The maximum atomic E-state index is 12.7. The van der Waals surface area contributed by atoms with Crippen LogP contribution in [0.2, 0.25) is 0 Å². The molecule has 0 unspecified atom stereocenters. The maximum absolute atomic E-state index is 12.7. The number of aliphatic carboxylic acids is 1. The van der Waals surface area contributed by atoms with Gasteiger partial charge in [-0.2, -0.15) is 0 Å². The highest BCUT2D eigenvalue weighted by Gasteiger charge is 2.10. The summed E-state index contributed by atoms with van der Waals surface area (Å²) in [5, 5.41) is 9.43. The van der Waals surface area contributed by atoms with Crippen molar-refractivity contribution in [3.05, 3.63) is 70.3 Å². The molecule has 6 heteroatoms. The number of aromatic nitrogens is 2. The molecule has 26 heavy (non-hydrogen) atoms. The number of ether oxygens (including phenoxy) is 1. The van der Waals surface area contributed by atoms with Gasteiger partial charge in [0, 0.05) is 6.54 Å². The van der Waals surface area contributed by atoms with Crippen LogP contribution >= 0.6 is 0 Å². The minimum absolute atomic E-state index is 0.0638. The summed E-state index contributed by atoms with van der Waals surface area (Å²) < 4.78 is 6.53. The largest absolute Gasteiger partial charge is 0.497 e. The smallest absolute Gasteiger partial charge is 0.305 e. The molecule has 0 aliphatic rings. The lowest BCUT2D eigenvalue weighted by molar-refractivity contribution is -0.137. The number of carbonyl (C=O) groups is 1. The molecule has 0 aliphatic carbocycles. The number of carboxylic acid groups (broad SMARTS) is 1. The zero-order valence-electron chi connectivity index (χ0n) is 14.3. The Morgan fingerprint density at radius 3 is 2.58 bits per heavy atom. The van der Waals surface area contributed by atoms with Gasteiger partial charge < -0.3 is 9.84 Å². The van der Waals surface area contributed by atoms with Crippen LogP contribution in [0.5, 0.6) is 5.75 Å². The fraction of sp³-hybridized carbons (Fsp3) is 0.150. The second-order valence-corrected chi connectivity index (χ2v) is 5.69. The fourth-order valence-electron chi connectivity index (χ4n) is 2.62. The van der Waals surface area contributed by atoms with Crippen molar-refractivity contribution in [2.24, 2.45) is 0 Å². The highest BCUT2D eigenvalue weighted by Crippen LogP contribution is 2.15. The number of nitrogens with zero attached hydrogens (tertiary/aromatic N) is 2. The van der Waals surface area contributed by atoms with E-state index in [0.717, 1.165) is 11.3 Å². The maximum Gasteiger partial charge on any atom is 0.305 e. The molecular formula is C20H18N2O4. The van der Waals surface area contributed by atoms with Crippen LogP contribution in [0, 0.1) is 0 Å². The van der Waals surface area contributed by atoms with E-state index in [1.165, 1.54) is 4.57 Å². The second kappa shape index (κ2) is 7.65. The Labute approximate surface area is 150 Å². The van der Waals surface area contributed by atoms with E-state index in [9.17, 15) is 9.59 Å². The Kier molecular flexibility index (Phi) is 5.12. The van der Waals surface area contributed by atoms with Crippen molar-refractivity contribution in [3.8, 4) is 5.75 Å². The Morgan fingerprint density at radius 2 is 1.88 bits per heavy atom. The predicted molar refractivity (Wildman–Crippen MR) is 100 cm³/mol. The summed E-state index contributed by atoms with van der Waals surface area (Å²) in [6, 6.07) is 14.5. The number of para-hydroxylation sites is 1. The lowest BCUT2D eigenvalue weighted by atomic mass is 10.2. The first-order chi connectivity index (χ1) is 12.6. The van der Waals surface area contributed by atoms with Gasteiger partial charge in [0.05, 0.1) is 24.4 Å². The van der Waals surface area contributed by atoms with E-state index in [1.54, 1.807) is 31.4 Å². The summed E-state index contributed by atoms with van der Waals surface area (Å²) in [6.07, 6.45) is 3.40. The average Bonchev–Trinajstić information content (AvgIpc) is 2.66. The predicted octanol–water partition coefficient (Wildman–Crippen LogP) is 3.05. The Balaban J connectivity index is 2.03. The summed E-state index contributed by atoms with van der Waals surface area (Å²) in [6.45, 7) is 0.0638. The molecule has 3 rings (SSSR count). The summed E-state index contributed by atoms with van der Waals surface area (Å²) >= 11 is 0. The SMILES string of the molecule is COc1ccc(/C=C/c2nc3ccccc3c(=O)n2CCC(=O)O)cc1. The van der Waals surface area contributed by atoms with Crippen LogP contribution in [0.15, 0.2) is 53.3 Å². The zero-order valence-corrected chi connectivity index (χ0v) is 14.3. The van der Waals surface area contributed by atoms with Crippen molar-refractivity contribution in [1.29, 1.82) is 0 Å². The van der Waals surface area contributed by atoms with Crippen LogP contribution in [0.1, 0.15) is 17.8 Å². The molecule has 2 aromatic carbocycles. The number of methoxy groups -OCH3 is 1. The minimum atomic E-state index is -0.963. The number of rotatable bonds is 6. The first kappa shape index (κ1) is 17.4. The van der Waals surface area contributed by atoms with Gasteiger partial charge in [-0.25, -0.2) is 4.98 Å². The van der Waals surface area contributed by atoms with Gasteiger partial charge in [-0.05, 0) is 35.9 Å². The third-order valence-corrected chi connectivity index (χ3v) is 3.98.